The second-order valence-electron chi connectivity index (χ2n) is 6.90. The van der Waals surface area contributed by atoms with Gasteiger partial charge >= 0.3 is 0 Å². The molecule has 0 bridgehead atoms. The Morgan fingerprint density at radius 1 is 0.742 bits per heavy atom. The monoisotopic (exact) mass is 418 g/mol. The van der Waals surface area contributed by atoms with Crippen LogP contribution in [0.5, 0.6) is 11.5 Å². The summed E-state index contributed by atoms with van der Waals surface area (Å²) in [5.41, 5.74) is 7.53. The molecule has 3 aromatic rings. The molecule has 0 aliphatic rings. The third kappa shape index (κ3) is 7.19. The molecule has 6 nitrogen and oxygen atoms in total. The summed E-state index contributed by atoms with van der Waals surface area (Å²) in [7, 11) is 0. The summed E-state index contributed by atoms with van der Waals surface area (Å²) in [6.07, 6.45) is 1.74. The average Bonchev–Trinajstić information content (AvgIpc) is 2.82. The van der Waals surface area contributed by atoms with Crippen molar-refractivity contribution in [2.45, 2.75) is 19.8 Å². The lowest BCUT2D eigenvalue weighted by molar-refractivity contribution is -0.123. The van der Waals surface area contributed by atoms with E-state index in [0.29, 0.717) is 23.7 Å². The van der Waals surface area contributed by atoms with Gasteiger partial charge in [-0.2, -0.15) is 0 Å². The first-order chi connectivity index (χ1) is 15.1. The van der Waals surface area contributed by atoms with Crippen LogP contribution in [0.1, 0.15) is 28.4 Å². The van der Waals surface area contributed by atoms with Crippen LogP contribution in [0.25, 0.3) is 0 Å². The van der Waals surface area contributed by atoms with Gasteiger partial charge in [0.1, 0.15) is 11.5 Å². The maximum absolute atomic E-state index is 12.2. The summed E-state index contributed by atoms with van der Waals surface area (Å²) in [6, 6.07) is 24.3. The number of hydrazine groups is 1. The lowest BCUT2D eigenvalue weighted by Gasteiger charge is -2.10. The Balaban J connectivity index is 1.37. The fourth-order valence-corrected chi connectivity index (χ4v) is 2.84. The summed E-state index contributed by atoms with van der Waals surface area (Å²) in [4.78, 5) is 24.1. The fraction of sp³-hybridized carbons (Fsp3) is 0.200. The van der Waals surface area contributed by atoms with E-state index in [1.165, 1.54) is 11.1 Å². The second-order valence-corrected chi connectivity index (χ2v) is 6.90. The minimum atomic E-state index is -0.450. The van der Waals surface area contributed by atoms with Crippen LogP contribution in [-0.4, -0.2) is 25.0 Å². The van der Waals surface area contributed by atoms with Gasteiger partial charge in [0.15, 0.2) is 6.61 Å². The molecule has 0 saturated heterocycles. The van der Waals surface area contributed by atoms with Crippen LogP contribution in [-0.2, 0) is 17.6 Å². The zero-order valence-electron chi connectivity index (χ0n) is 17.5. The molecule has 0 unspecified atom stereocenters. The number of rotatable bonds is 9. The van der Waals surface area contributed by atoms with Crippen molar-refractivity contribution in [1.29, 1.82) is 0 Å². The molecule has 0 aliphatic carbocycles. The average molecular weight is 418 g/mol. The topological polar surface area (TPSA) is 76.7 Å². The van der Waals surface area contributed by atoms with Crippen LogP contribution < -0.4 is 20.3 Å². The maximum Gasteiger partial charge on any atom is 0.276 e. The normalized spacial score (nSPS) is 10.2. The van der Waals surface area contributed by atoms with E-state index in [-0.39, 0.29) is 6.61 Å². The van der Waals surface area contributed by atoms with Gasteiger partial charge in [-0.1, -0.05) is 49.4 Å². The van der Waals surface area contributed by atoms with E-state index in [1.54, 1.807) is 24.3 Å². The highest BCUT2D eigenvalue weighted by molar-refractivity contribution is 5.95. The number of amides is 2. The molecule has 31 heavy (non-hydrogen) atoms. The Morgan fingerprint density at radius 3 is 2.06 bits per heavy atom. The molecule has 2 amide bonds. The summed E-state index contributed by atoms with van der Waals surface area (Å²) < 4.78 is 11.1. The Kier molecular flexibility index (Phi) is 8.05. The third-order valence-electron chi connectivity index (χ3n) is 4.64. The van der Waals surface area contributed by atoms with Gasteiger partial charge in [-0.15, -0.1) is 0 Å². The van der Waals surface area contributed by atoms with Crippen LogP contribution in [0.4, 0.5) is 0 Å². The Hall–Kier alpha value is -3.80. The number of aryl methyl sites for hydroxylation is 1. The first-order valence-electron chi connectivity index (χ1n) is 10.2. The highest BCUT2D eigenvalue weighted by Gasteiger charge is 2.08. The minimum absolute atomic E-state index is 0.195. The predicted octanol–water partition coefficient (Wildman–Crippen LogP) is 3.71. The first-order valence-corrected chi connectivity index (χ1v) is 10.2. The van der Waals surface area contributed by atoms with E-state index in [4.69, 9.17) is 9.47 Å². The second kappa shape index (κ2) is 11.4. The molecule has 6 heteroatoms. The van der Waals surface area contributed by atoms with Gasteiger partial charge in [0.05, 0.1) is 6.61 Å². The largest absolute Gasteiger partial charge is 0.493 e. The number of benzene rings is 3. The van der Waals surface area contributed by atoms with E-state index in [0.717, 1.165) is 12.8 Å². The van der Waals surface area contributed by atoms with Crippen LogP contribution in [0.3, 0.4) is 0 Å². The molecule has 3 rings (SSSR count). The van der Waals surface area contributed by atoms with Crippen molar-refractivity contribution in [3.63, 3.8) is 0 Å². The van der Waals surface area contributed by atoms with Gasteiger partial charge in [-0.25, -0.2) is 0 Å². The highest BCUT2D eigenvalue weighted by atomic mass is 16.5. The van der Waals surface area contributed by atoms with Crippen molar-refractivity contribution >= 4 is 11.8 Å². The summed E-state index contributed by atoms with van der Waals surface area (Å²) >= 11 is 0. The van der Waals surface area contributed by atoms with Gasteiger partial charge in [-0.3, -0.25) is 20.4 Å². The van der Waals surface area contributed by atoms with Gasteiger partial charge in [-0.05, 0) is 53.9 Å². The summed E-state index contributed by atoms with van der Waals surface area (Å²) in [6.45, 7) is 2.42. The highest BCUT2D eigenvalue weighted by Crippen LogP contribution is 2.13. The summed E-state index contributed by atoms with van der Waals surface area (Å²) in [5, 5.41) is 0. The van der Waals surface area contributed by atoms with Crippen molar-refractivity contribution in [3.05, 3.63) is 95.6 Å². The molecule has 0 atom stereocenters. The van der Waals surface area contributed by atoms with Gasteiger partial charge in [0.25, 0.3) is 11.8 Å². The zero-order chi connectivity index (χ0) is 21.9. The lowest BCUT2D eigenvalue weighted by atomic mass is 10.2. The van der Waals surface area contributed by atoms with Crippen LogP contribution in [0.15, 0.2) is 78.9 Å². The molecular weight excluding hydrogens is 392 g/mol. The standard InChI is InChI=1S/C25H26N2O4/c1-2-19-8-12-23(13-9-19)31-18-24(28)26-27-25(29)21-10-14-22(15-11-21)30-17-16-20-6-4-3-5-7-20/h3-15H,2,16-18H2,1H3,(H,26,28)(H,27,29). The number of nitrogens with one attached hydrogen (secondary N) is 2. The van der Waals surface area contributed by atoms with Crippen molar-refractivity contribution in [2.24, 2.45) is 0 Å². The van der Waals surface area contributed by atoms with Crippen LogP contribution >= 0.6 is 0 Å². The van der Waals surface area contributed by atoms with Crippen molar-refractivity contribution in [2.75, 3.05) is 13.2 Å². The number of hydrogen-bond donors (Lipinski definition) is 2. The van der Waals surface area contributed by atoms with Crippen molar-refractivity contribution < 1.29 is 19.1 Å². The van der Waals surface area contributed by atoms with Crippen LogP contribution in [0, 0.1) is 0 Å². The quantitative estimate of drug-likeness (QED) is 0.520. The molecule has 0 spiro atoms. The third-order valence-corrected chi connectivity index (χ3v) is 4.64. The Bertz CT molecular complexity index is 971. The first kappa shape index (κ1) is 21.9. The molecule has 0 heterocycles. The van der Waals surface area contributed by atoms with Gasteiger partial charge < -0.3 is 9.47 Å². The van der Waals surface area contributed by atoms with E-state index in [9.17, 15) is 9.59 Å². The van der Waals surface area contributed by atoms with E-state index in [1.807, 2.05) is 42.5 Å². The molecule has 0 fully saturated rings. The number of hydrogen-bond acceptors (Lipinski definition) is 4. The SMILES string of the molecule is CCc1ccc(OCC(=O)NNC(=O)c2ccc(OCCc3ccccc3)cc2)cc1. The number of carbonyl (C=O) groups excluding carboxylic acids is 2. The molecule has 0 aliphatic heterocycles. The van der Waals surface area contributed by atoms with Crippen LogP contribution in [0.2, 0.25) is 0 Å². The minimum Gasteiger partial charge on any atom is -0.493 e. The Labute approximate surface area is 182 Å². The molecule has 0 radical (unpaired) electrons. The Morgan fingerprint density at radius 2 is 1.39 bits per heavy atom. The molecule has 0 aromatic heterocycles. The van der Waals surface area contributed by atoms with Gasteiger partial charge in [0.2, 0.25) is 0 Å². The number of ether oxygens (including phenoxy) is 2. The summed E-state index contributed by atoms with van der Waals surface area (Å²) in [5.74, 6) is 0.408. The molecule has 3 aromatic carbocycles. The maximum atomic E-state index is 12.2. The van der Waals surface area contributed by atoms with Gasteiger partial charge in [0, 0.05) is 12.0 Å². The van der Waals surface area contributed by atoms with Crippen molar-refractivity contribution in [3.8, 4) is 11.5 Å². The van der Waals surface area contributed by atoms with E-state index >= 15 is 0 Å². The molecule has 0 saturated carbocycles. The molecule has 2 N–H and O–H groups in total. The lowest BCUT2D eigenvalue weighted by Crippen LogP contribution is -2.43. The van der Waals surface area contributed by atoms with Crippen molar-refractivity contribution in [1.82, 2.24) is 10.9 Å². The zero-order valence-corrected chi connectivity index (χ0v) is 17.5. The van der Waals surface area contributed by atoms with E-state index < -0.39 is 11.8 Å². The molecular formula is C25H26N2O4. The smallest absolute Gasteiger partial charge is 0.276 e. The fourth-order valence-electron chi connectivity index (χ4n) is 2.84. The van der Waals surface area contributed by atoms with E-state index in [2.05, 4.69) is 29.9 Å². The number of carbonyl (C=O) groups is 2. The molecule has 160 valence electrons. The predicted molar refractivity (Wildman–Crippen MR) is 119 cm³/mol.